The molecule has 0 saturated heterocycles. The first-order valence-corrected chi connectivity index (χ1v) is 6.22. The Morgan fingerprint density at radius 3 is 2.88 bits per heavy atom. The van der Waals surface area contributed by atoms with Crippen LogP contribution in [0, 0.1) is 6.92 Å². The van der Waals surface area contributed by atoms with Crippen molar-refractivity contribution in [3.63, 3.8) is 0 Å². The van der Waals surface area contributed by atoms with Crippen LogP contribution in [-0.4, -0.2) is 18.5 Å². The monoisotopic (exact) mass is 234 g/mol. The van der Waals surface area contributed by atoms with E-state index in [1.54, 1.807) is 0 Å². The van der Waals surface area contributed by atoms with E-state index in [0.29, 0.717) is 6.54 Å². The SMILES string of the molecule is CCCC(N)C(=O)NCCc1cccc(C)c1. The van der Waals surface area contributed by atoms with E-state index in [1.807, 2.05) is 13.0 Å². The Bertz CT molecular complexity index is 363. The number of amides is 1. The van der Waals surface area contributed by atoms with E-state index < -0.39 is 0 Å². The minimum Gasteiger partial charge on any atom is -0.354 e. The third kappa shape index (κ3) is 5.00. The van der Waals surface area contributed by atoms with Crippen LogP contribution in [0.2, 0.25) is 0 Å². The number of aryl methyl sites for hydroxylation is 1. The first kappa shape index (κ1) is 13.7. The molecule has 0 fully saturated rings. The molecule has 1 aromatic carbocycles. The zero-order chi connectivity index (χ0) is 12.7. The van der Waals surface area contributed by atoms with Gasteiger partial charge in [-0.15, -0.1) is 0 Å². The highest BCUT2D eigenvalue weighted by molar-refractivity contribution is 5.81. The molecule has 0 aliphatic heterocycles. The van der Waals surface area contributed by atoms with Crippen molar-refractivity contribution in [2.45, 2.75) is 39.2 Å². The van der Waals surface area contributed by atoms with Crippen LogP contribution in [-0.2, 0) is 11.2 Å². The van der Waals surface area contributed by atoms with Crippen LogP contribution < -0.4 is 11.1 Å². The Morgan fingerprint density at radius 1 is 1.47 bits per heavy atom. The molecule has 3 N–H and O–H groups in total. The third-order valence-electron chi connectivity index (χ3n) is 2.73. The highest BCUT2D eigenvalue weighted by Crippen LogP contribution is 2.04. The molecule has 0 spiro atoms. The normalized spacial score (nSPS) is 12.2. The van der Waals surface area contributed by atoms with Crippen LogP contribution in [0.5, 0.6) is 0 Å². The predicted molar refractivity (Wildman–Crippen MR) is 70.8 cm³/mol. The van der Waals surface area contributed by atoms with Crippen LogP contribution in [0.3, 0.4) is 0 Å². The fraction of sp³-hybridized carbons (Fsp3) is 0.500. The highest BCUT2D eigenvalue weighted by Gasteiger charge is 2.10. The van der Waals surface area contributed by atoms with Crippen molar-refractivity contribution >= 4 is 5.91 Å². The van der Waals surface area contributed by atoms with Crippen LogP contribution in [0.1, 0.15) is 30.9 Å². The van der Waals surface area contributed by atoms with Crippen LogP contribution in [0.4, 0.5) is 0 Å². The second kappa shape index (κ2) is 7.07. The maximum absolute atomic E-state index is 11.6. The number of hydrogen-bond acceptors (Lipinski definition) is 2. The molecule has 0 bridgehead atoms. The van der Waals surface area contributed by atoms with Crippen molar-refractivity contribution in [1.82, 2.24) is 5.32 Å². The number of carbonyl (C=O) groups is 1. The maximum Gasteiger partial charge on any atom is 0.236 e. The fourth-order valence-corrected chi connectivity index (χ4v) is 1.77. The lowest BCUT2D eigenvalue weighted by Gasteiger charge is -2.11. The van der Waals surface area contributed by atoms with Gasteiger partial charge >= 0.3 is 0 Å². The van der Waals surface area contributed by atoms with Gasteiger partial charge in [-0.1, -0.05) is 43.2 Å². The van der Waals surface area contributed by atoms with Gasteiger partial charge < -0.3 is 11.1 Å². The summed E-state index contributed by atoms with van der Waals surface area (Å²) in [5, 5.41) is 2.87. The maximum atomic E-state index is 11.6. The zero-order valence-electron chi connectivity index (χ0n) is 10.7. The molecule has 94 valence electrons. The quantitative estimate of drug-likeness (QED) is 0.788. The Labute approximate surface area is 103 Å². The minimum absolute atomic E-state index is 0.0421. The van der Waals surface area contributed by atoms with Gasteiger partial charge in [-0.05, 0) is 25.3 Å². The summed E-state index contributed by atoms with van der Waals surface area (Å²) in [6.07, 6.45) is 2.54. The first-order valence-electron chi connectivity index (χ1n) is 6.22. The molecular weight excluding hydrogens is 212 g/mol. The van der Waals surface area contributed by atoms with Crippen molar-refractivity contribution in [3.8, 4) is 0 Å². The molecule has 1 amide bonds. The summed E-state index contributed by atoms with van der Waals surface area (Å²) in [6, 6.07) is 7.95. The van der Waals surface area contributed by atoms with Gasteiger partial charge in [-0.3, -0.25) is 4.79 Å². The molecule has 0 aliphatic carbocycles. The fourth-order valence-electron chi connectivity index (χ4n) is 1.77. The van der Waals surface area contributed by atoms with E-state index in [1.165, 1.54) is 11.1 Å². The summed E-state index contributed by atoms with van der Waals surface area (Å²) in [7, 11) is 0. The average molecular weight is 234 g/mol. The zero-order valence-corrected chi connectivity index (χ0v) is 10.7. The molecule has 17 heavy (non-hydrogen) atoms. The van der Waals surface area contributed by atoms with E-state index in [2.05, 4.69) is 30.4 Å². The van der Waals surface area contributed by atoms with Gasteiger partial charge in [0.1, 0.15) is 0 Å². The van der Waals surface area contributed by atoms with E-state index in [9.17, 15) is 4.79 Å². The Hall–Kier alpha value is -1.35. The third-order valence-corrected chi connectivity index (χ3v) is 2.73. The van der Waals surface area contributed by atoms with Gasteiger partial charge in [0.05, 0.1) is 6.04 Å². The van der Waals surface area contributed by atoms with E-state index in [0.717, 1.165) is 19.3 Å². The topological polar surface area (TPSA) is 55.1 Å². The molecule has 1 aromatic rings. The largest absolute Gasteiger partial charge is 0.354 e. The second-order valence-electron chi connectivity index (χ2n) is 4.43. The molecule has 0 radical (unpaired) electrons. The number of hydrogen-bond donors (Lipinski definition) is 2. The molecule has 0 aliphatic rings. The van der Waals surface area contributed by atoms with Crippen LogP contribution in [0.15, 0.2) is 24.3 Å². The Kier molecular flexibility index (Phi) is 5.70. The van der Waals surface area contributed by atoms with Gasteiger partial charge in [0.25, 0.3) is 0 Å². The number of nitrogens with one attached hydrogen (secondary N) is 1. The van der Waals surface area contributed by atoms with Crippen molar-refractivity contribution in [2.75, 3.05) is 6.54 Å². The minimum atomic E-state index is -0.363. The lowest BCUT2D eigenvalue weighted by Crippen LogP contribution is -2.41. The summed E-state index contributed by atoms with van der Waals surface area (Å²) in [5.74, 6) is -0.0421. The molecule has 3 heteroatoms. The summed E-state index contributed by atoms with van der Waals surface area (Å²) in [4.78, 5) is 11.6. The molecule has 0 saturated carbocycles. The van der Waals surface area contributed by atoms with Crippen molar-refractivity contribution in [1.29, 1.82) is 0 Å². The Balaban J connectivity index is 2.30. The number of rotatable bonds is 6. The van der Waals surface area contributed by atoms with Crippen molar-refractivity contribution < 1.29 is 4.79 Å². The van der Waals surface area contributed by atoms with Crippen molar-refractivity contribution in [2.24, 2.45) is 5.73 Å². The van der Waals surface area contributed by atoms with Gasteiger partial charge in [-0.25, -0.2) is 0 Å². The number of benzene rings is 1. The van der Waals surface area contributed by atoms with E-state index in [-0.39, 0.29) is 11.9 Å². The number of carbonyl (C=O) groups excluding carboxylic acids is 1. The summed E-state index contributed by atoms with van der Waals surface area (Å²) >= 11 is 0. The Morgan fingerprint density at radius 2 is 2.24 bits per heavy atom. The molecule has 0 heterocycles. The van der Waals surface area contributed by atoms with Gasteiger partial charge in [0, 0.05) is 6.54 Å². The van der Waals surface area contributed by atoms with E-state index in [4.69, 9.17) is 5.73 Å². The lowest BCUT2D eigenvalue weighted by molar-refractivity contribution is -0.122. The molecule has 1 atom stereocenters. The lowest BCUT2D eigenvalue weighted by atomic mass is 10.1. The van der Waals surface area contributed by atoms with Crippen LogP contribution in [0.25, 0.3) is 0 Å². The summed E-state index contributed by atoms with van der Waals surface area (Å²) in [5.41, 5.74) is 8.21. The highest BCUT2D eigenvalue weighted by atomic mass is 16.2. The second-order valence-corrected chi connectivity index (χ2v) is 4.43. The smallest absolute Gasteiger partial charge is 0.236 e. The standard InChI is InChI=1S/C14H22N2O/c1-3-5-13(15)14(17)16-9-8-12-7-4-6-11(2)10-12/h4,6-7,10,13H,3,5,8-9,15H2,1-2H3,(H,16,17). The van der Waals surface area contributed by atoms with Gasteiger partial charge in [0.2, 0.25) is 5.91 Å². The average Bonchev–Trinajstić information content (AvgIpc) is 2.29. The van der Waals surface area contributed by atoms with Crippen LogP contribution >= 0.6 is 0 Å². The van der Waals surface area contributed by atoms with Gasteiger partial charge in [0.15, 0.2) is 0 Å². The first-order chi connectivity index (χ1) is 8.13. The molecule has 1 unspecified atom stereocenters. The molecular formula is C14H22N2O. The van der Waals surface area contributed by atoms with E-state index >= 15 is 0 Å². The summed E-state index contributed by atoms with van der Waals surface area (Å²) < 4.78 is 0. The van der Waals surface area contributed by atoms with Gasteiger partial charge in [-0.2, -0.15) is 0 Å². The molecule has 0 aromatic heterocycles. The predicted octanol–water partition coefficient (Wildman–Crippen LogP) is 1.78. The number of nitrogens with two attached hydrogens (primary N) is 1. The van der Waals surface area contributed by atoms with Crippen molar-refractivity contribution in [3.05, 3.63) is 35.4 Å². The molecule has 3 nitrogen and oxygen atoms in total. The summed E-state index contributed by atoms with van der Waals surface area (Å²) in [6.45, 7) is 4.75. The molecule has 1 rings (SSSR count).